The number of rotatable bonds is 3. The van der Waals surface area contributed by atoms with E-state index in [0.717, 1.165) is 25.1 Å². The minimum atomic E-state index is -0.248. The van der Waals surface area contributed by atoms with Gasteiger partial charge in [-0.2, -0.15) is 5.10 Å². The van der Waals surface area contributed by atoms with Gasteiger partial charge in [0.05, 0.1) is 5.69 Å². The number of hydrogen-bond donors (Lipinski definition) is 0. The average Bonchev–Trinajstić information content (AvgIpc) is 2.56. The van der Waals surface area contributed by atoms with E-state index < -0.39 is 0 Å². The highest BCUT2D eigenvalue weighted by Crippen LogP contribution is 2.21. The van der Waals surface area contributed by atoms with Gasteiger partial charge in [0, 0.05) is 24.7 Å². The van der Waals surface area contributed by atoms with Gasteiger partial charge in [-0.25, -0.2) is 4.68 Å². The second-order valence-corrected chi connectivity index (χ2v) is 7.33. The molecule has 0 unspecified atom stereocenters. The van der Waals surface area contributed by atoms with Gasteiger partial charge in [-0.1, -0.05) is 43.7 Å². The summed E-state index contributed by atoms with van der Waals surface area (Å²) in [6.45, 7) is 7.87. The van der Waals surface area contributed by atoms with Gasteiger partial charge < -0.3 is 4.90 Å². The molecule has 0 bridgehead atoms. The summed E-state index contributed by atoms with van der Waals surface area (Å²) in [5, 5.41) is 4.40. The fourth-order valence-corrected chi connectivity index (χ4v) is 3.54. The van der Waals surface area contributed by atoms with E-state index in [0.29, 0.717) is 17.5 Å². The summed E-state index contributed by atoms with van der Waals surface area (Å²) in [6, 6.07) is 11.2. The molecule has 1 fully saturated rings. The molecule has 0 aliphatic carbocycles. The molecule has 0 spiro atoms. The first-order chi connectivity index (χ1) is 11.9. The smallest absolute Gasteiger partial charge is 0.267 e. The van der Waals surface area contributed by atoms with E-state index in [1.54, 1.807) is 6.07 Å². The van der Waals surface area contributed by atoms with E-state index >= 15 is 0 Å². The normalized spacial score (nSPS) is 20.5. The van der Waals surface area contributed by atoms with Crippen LogP contribution >= 0.6 is 0 Å². The van der Waals surface area contributed by atoms with Crippen molar-refractivity contribution in [3.63, 3.8) is 0 Å². The zero-order valence-corrected chi connectivity index (χ0v) is 15.1. The number of likely N-dealkylation sites (tertiary alicyclic amines) is 1. The topological polar surface area (TPSA) is 55.2 Å². The molecule has 1 aromatic carbocycles. The first-order valence-electron chi connectivity index (χ1n) is 8.85. The Kier molecular flexibility index (Phi) is 5.02. The van der Waals surface area contributed by atoms with Gasteiger partial charge in [0.2, 0.25) is 5.91 Å². The SMILES string of the molecule is Cc1ccc(-c2ccc(=O)n(CC(=O)N3C[C@H](C)C[C@H](C)C3)n2)cc1. The first kappa shape index (κ1) is 17.4. The maximum Gasteiger partial charge on any atom is 0.267 e. The molecule has 2 atom stereocenters. The maximum absolute atomic E-state index is 12.6. The Hall–Kier alpha value is -2.43. The Morgan fingerprint density at radius 3 is 2.36 bits per heavy atom. The number of aromatic nitrogens is 2. The minimum absolute atomic E-state index is 0.00201. The molecule has 1 amide bonds. The van der Waals surface area contributed by atoms with Crippen molar-refractivity contribution in [2.45, 2.75) is 33.7 Å². The average molecular weight is 339 g/mol. The lowest BCUT2D eigenvalue weighted by atomic mass is 9.92. The molecule has 1 saturated heterocycles. The number of hydrogen-bond acceptors (Lipinski definition) is 3. The van der Waals surface area contributed by atoms with Crippen LogP contribution in [0.1, 0.15) is 25.8 Å². The Bertz CT molecular complexity index is 800. The maximum atomic E-state index is 12.6. The number of carbonyl (C=O) groups excluding carboxylic acids is 1. The summed E-state index contributed by atoms with van der Waals surface area (Å²) >= 11 is 0. The van der Waals surface area contributed by atoms with Crippen molar-refractivity contribution in [2.24, 2.45) is 11.8 Å². The van der Waals surface area contributed by atoms with Crippen molar-refractivity contribution < 1.29 is 4.79 Å². The van der Waals surface area contributed by atoms with Crippen LogP contribution < -0.4 is 5.56 Å². The lowest BCUT2D eigenvalue weighted by molar-refractivity contribution is -0.134. The molecular formula is C20H25N3O2. The zero-order valence-electron chi connectivity index (χ0n) is 15.1. The second-order valence-electron chi connectivity index (χ2n) is 7.33. The Morgan fingerprint density at radius 2 is 1.72 bits per heavy atom. The first-order valence-corrected chi connectivity index (χ1v) is 8.85. The van der Waals surface area contributed by atoms with E-state index in [2.05, 4.69) is 18.9 Å². The van der Waals surface area contributed by atoms with Crippen molar-refractivity contribution in [3.8, 4) is 11.3 Å². The lowest BCUT2D eigenvalue weighted by Gasteiger charge is -2.35. The van der Waals surface area contributed by atoms with Crippen LogP contribution in [0.25, 0.3) is 11.3 Å². The van der Waals surface area contributed by atoms with Crippen molar-refractivity contribution in [3.05, 3.63) is 52.3 Å². The standard InChI is InChI=1S/C20H25N3O2/c1-14-4-6-17(7-5-14)18-8-9-19(24)23(21-18)13-20(25)22-11-15(2)10-16(3)12-22/h4-9,15-16H,10-13H2,1-3H3/t15-,16+. The van der Waals surface area contributed by atoms with Crippen LogP contribution in [0.5, 0.6) is 0 Å². The molecule has 0 N–H and O–H groups in total. The van der Waals surface area contributed by atoms with Crippen LogP contribution in [0, 0.1) is 18.8 Å². The molecule has 0 saturated carbocycles. The summed E-state index contributed by atoms with van der Waals surface area (Å²) in [5.74, 6) is 0.960. The molecular weight excluding hydrogens is 314 g/mol. The highest BCUT2D eigenvalue weighted by Gasteiger charge is 2.25. The largest absolute Gasteiger partial charge is 0.341 e. The molecule has 5 nitrogen and oxygen atoms in total. The minimum Gasteiger partial charge on any atom is -0.341 e. The van der Waals surface area contributed by atoms with Crippen LogP contribution in [0.15, 0.2) is 41.2 Å². The monoisotopic (exact) mass is 339 g/mol. The van der Waals surface area contributed by atoms with Gasteiger partial charge in [0.1, 0.15) is 6.54 Å². The fraction of sp³-hybridized carbons (Fsp3) is 0.450. The van der Waals surface area contributed by atoms with E-state index in [9.17, 15) is 9.59 Å². The van der Waals surface area contributed by atoms with Gasteiger partial charge in [-0.15, -0.1) is 0 Å². The van der Waals surface area contributed by atoms with E-state index in [-0.39, 0.29) is 18.0 Å². The van der Waals surface area contributed by atoms with E-state index in [1.165, 1.54) is 16.3 Å². The molecule has 1 aromatic heterocycles. The number of aryl methyl sites for hydroxylation is 1. The van der Waals surface area contributed by atoms with E-state index in [1.807, 2.05) is 36.1 Å². The number of amides is 1. The van der Waals surface area contributed by atoms with Crippen molar-refractivity contribution in [2.75, 3.05) is 13.1 Å². The summed E-state index contributed by atoms with van der Waals surface area (Å²) < 4.78 is 1.28. The molecule has 3 rings (SSSR count). The third-order valence-electron chi connectivity index (χ3n) is 4.72. The fourth-order valence-electron chi connectivity index (χ4n) is 3.54. The van der Waals surface area contributed by atoms with Gasteiger partial charge >= 0.3 is 0 Å². The molecule has 5 heteroatoms. The molecule has 1 aliphatic rings. The summed E-state index contributed by atoms with van der Waals surface area (Å²) in [5.41, 5.74) is 2.56. The van der Waals surface area contributed by atoms with Crippen molar-refractivity contribution >= 4 is 5.91 Å². The van der Waals surface area contributed by atoms with Crippen molar-refractivity contribution in [1.29, 1.82) is 0 Å². The Labute approximate surface area is 148 Å². The quantitative estimate of drug-likeness (QED) is 0.864. The van der Waals surface area contributed by atoms with Crippen LogP contribution in [0.2, 0.25) is 0 Å². The number of nitrogens with zero attached hydrogens (tertiary/aromatic N) is 3. The number of benzene rings is 1. The number of piperidine rings is 1. The van der Waals surface area contributed by atoms with Crippen LogP contribution in [-0.2, 0) is 11.3 Å². The predicted octanol–water partition coefficient (Wildman–Crippen LogP) is 2.72. The Morgan fingerprint density at radius 1 is 1.08 bits per heavy atom. The number of carbonyl (C=O) groups is 1. The predicted molar refractivity (Wildman–Crippen MR) is 98.2 cm³/mol. The lowest BCUT2D eigenvalue weighted by Crippen LogP contribution is -2.45. The van der Waals surface area contributed by atoms with E-state index in [4.69, 9.17) is 0 Å². The summed E-state index contributed by atoms with van der Waals surface area (Å²) in [4.78, 5) is 26.6. The summed E-state index contributed by atoms with van der Waals surface area (Å²) in [7, 11) is 0. The summed E-state index contributed by atoms with van der Waals surface area (Å²) in [6.07, 6.45) is 1.14. The molecule has 1 aliphatic heterocycles. The zero-order chi connectivity index (χ0) is 18.0. The second kappa shape index (κ2) is 7.21. The Balaban J connectivity index is 1.80. The molecule has 2 aromatic rings. The molecule has 132 valence electrons. The van der Waals surface area contributed by atoms with Gasteiger partial charge in [-0.3, -0.25) is 9.59 Å². The third kappa shape index (κ3) is 4.16. The van der Waals surface area contributed by atoms with Gasteiger partial charge in [0.15, 0.2) is 0 Å². The van der Waals surface area contributed by atoms with Crippen LogP contribution in [-0.4, -0.2) is 33.7 Å². The van der Waals surface area contributed by atoms with Crippen LogP contribution in [0.3, 0.4) is 0 Å². The highest BCUT2D eigenvalue weighted by atomic mass is 16.2. The van der Waals surface area contributed by atoms with Gasteiger partial charge in [-0.05, 0) is 31.2 Å². The highest BCUT2D eigenvalue weighted by molar-refractivity contribution is 5.76. The van der Waals surface area contributed by atoms with Gasteiger partial charge in [0.25, 0.3) is 5.56 Å². The van der Waals surface area contributed by atoms with Crippen LogP contribution in [0.4, 0.5) is 0 Å². The molecule has 25 heavy (non-hydrogen) atoms. The molecule has 2 heterocycles. The molecule has 0 radical (unpaired) electrons. The third-order valence-corrected chi connectivity index (χ3v) is 4.72. The van der Waals surface area contributed by atoms with Crippen molar-refractivity contribution in [1.82, 2.24) is 14.7 Å².